The lowest BCUT2D eigenvalue weighted by atomic mass is 10.1. The van der Waals surface area contributed by atoms with Crippen LogP contribution in [0.15, 0.2) is 18.2 Å². The molecule has 15 heteroatoms. The van der Waals surface area contributed by atoms with Crippen LogP contribution < -0.4 is 15.0 Å². The van der Waals surface area contributed by atoms with Crippen LogP contribution in [0.25, 0.3) is 0 Å². The third kappa shape index (κ3) is 8.87. The van der Waals surface area contributed by atoms with Crippen molar-refractivity contribution in [3.8, 4) is 5.75 Å². The van der Waals surface area contributed by atoms with Crippen molar-refractivity contribution >= 4 is 23.5 Å². The Balaban J connectivity index is 0.000000587. The number of hydrogen-bond donors (Lipinski definition) is 2. The first-order chi connectivity index (χ1) is 19.3. The molecule has 4 rings (SSSR count). The number of nitrogens with one attached hydrogen (secondary N) is 1. The smallest absolute Gasteiger partial charge is 0.487 e. The summed E-state index contributed by atoms with van der Waals surface area (Å²) < 4.78 is 70.0. The molecular weight excluding hydrogens is 557 g/mol. The van der Waals surface area contributed by atoms with E-state index in [-0.39, 0.29) is 23.8 Å². The highest BCUT2D eigenvalue weighted by molar-refractivity contribution is 5.74. The average molecular weight is 590 g/mol. The van der Waals surface area contributed by atoms with Gasteiger partial charge in [-0.3, -0.25) is 4.79 Å². The number of halogens is 5. The number of ether oxygens (including phenoxy) is 2. The molecule has 2 N–H and O–H groups in total. The molecule has 1 aromatic carbocycles. The number of rotatable bonds is 7. The van der Waals surface area contributed by atoms with Crippen molar-refractivity contribution in [1.82, 2.24) is 14.9 Å². The van der Waals surface area contributed by atoms with E-state index in [1.54, 1.807) is 18.9 Å². The maximum atomic E-state index is 14.0. The first kappa shape index (κ1) is 31.8. The van der Waals surface area contributed by atoms with Gasteiger partial charge in [0.1, 0.15) is 11.9 Å². The van der Waals surface area contributed by atoms with Crippen LogP contribution in [0.4, 0.5) is 33.6 Å². The molecule has 3 heterocycles. The molecule has 0 saturated carbocycles. The molecule has 0 spiro atoms. The molecule has 10 nitrogen and oxygen atoms in total. The van der Waals surface area contributed by atoms with Gasteiger partial charge in [-0.15, -0.1) is 0 Å². The summed E-state index contributed by atoms with van der Waals surface area (Å²) in [6.07, 6.45) is -3.26. The Labute approximate surface area is 233 Å². The van der Waals surface area contributed by atoms with Gasteiger partial charge in [0.05, 0.1) is 24.5 Å². The van der Waals surface area contributed by atoms with E-state index in [4.69, 9.17) is 29.3 Å². The molecule has 226 valence electrons. The molecule has 2 aliphatic rings. The zero-order chi connectivity index (χ0) is 30.3. The van der Waals surface area contributed by atoms with Crippen LogP contribution in [0.3, 0.4) is 0 Å². The number of carboxylic acid groups (broad SMARTS) is 1. The molecule has 0 aliphatic carbocycles. The number of nitrogens with zero attached hydrogens (tertiary/aromatic N) is 4. The molecule has 0 unspecified atom stereocenters. The Morgan fingerprint density at radius 3 is 2.37 bits per heavy atom. The minimum atomic E-state index is -5.08. The van der Waals surface area contributed by atoms with Crippen molar-refractivity contribution in [2.75, 3.05) is 43.6 Å². The van der Waals surface area contributed by atoms with Crippen LogP contribution in [0, 0.1) is 11.6 Å². The van der Waals surface area contributed by atoms with E-state index in [0.29, 0.717) is 57.9 Å². The number of carboxylic acids is 1. The number of alkyl halides is 3. The van der Waals surface area contributed by atoms with Crippen molar-refractivity contribution in [3.63, 3.8) is 0 Å². The SMILES string of the molecule is COC[C@@H](C)Nc1nc2c(nc1N1CCC(Oc3ccc(F)cc3F)CC1)CCN(C(C)=O)C2.O=C(O)C(F)(F)F. The Hall–Kier alpha value is -3.75. The predicted molar refractivity (Wildman–Crippen MR) is 138 cm³/mol. The van der Waals surface area contributed by atoms with E-state index >= 15 is 0 Å². The van der Waals surface area contributed by atoms with E-state index in [2.05, 4.69) is 10.2 Å². The molecule has 1 fully saturated rings. The van der Waals surface area contributed by atoms with E-state index < -0.39 is 23.8 Å². The second kappa shape index (κ2) is 13.7. The number of aliphatic carboxylic acids is 1. The van der Waals surface area contributed by atoms with Crippen LogP contribution >= 0.6 is 0 Å². The Bertz CT molecular complexity index is 1220. The normalized spacial score (nSPS) is 16.3. The highest BCUT2D eigenvalue weighted by Crippen LogP contribution is 2.30. The zero-order valence-corrected chi connectivity index (χ0v) is 22.8. The van der Waals surface area contributed by atoms with Crippen molar-refractivity contribution < 1.29 is 46.1 Å². The molecule has 2 aliphatic heterocycles. The summed E-state index contributed by atoms with van der Waals surface area (Å²) in [5.74, 6) is -2.55. The Morgan fingerprint density at radius 2 is 1.80 bits per heavy atom. The summed E-state index contributed by atoms with van der Waals surface area (Å²) in [6.45, 7) is 6.48. The number of carbonyl (C=O) groups is 2. The van der Waals surface area contributed by atoms with Crippen molar-refractivity contribution in [1.29, 1.82) is 0 Å². The molecule has 2 aromatic rings. The van der Waals surface area contributed by atoms with Gasteiger partial charge in [-0.25, -0.2) is 23.5 Å². The highest BCUT2D eigenvalue weighted by Gasteiger charge is 2.38. The quantitative estimate of drug-likeness (QED) is 0.466. The topological polar surface area (TPSA) is 117 Å². The summed E-state index contributed by atoms with van der Waals surface area (Å²) in [6, 6.07) is 3.38. The fraction of sp³-hybridized carbons (Fsp3) is 0.538. The van der Waals surface area contributed by atoms with E-state index in [1.165, 1.54) is 12.1 Å². The monoisotopic (exact) mass is 589 g/mol. The summed E-state index contributed by atoms with van der Waals surface area (Å²) in [4.78, 5) is 34.5. The largest absolute Gasteiger partial charge is 0.490 e. The molecule has 1 saturated heterocycles. The fourth-order valence-corrected chi connectivity index (χ4v) is 4.37. The summed E-state index contributed by atoms with van der Waals surface area (Å²) in [5.41, 5.74) is 1.71. The number of piperidine rings is 1. The number of anilines is 2. The van der Waals surface area contributed by atoms with E-state index in [1.807, 2.05) is 6.92 Å². The number of benzene rings is 1. The van der Waals surface area contributed by atoms with Crippen molar-refractivity contribution in [2.24, 2.45) is 0 Å². The number of hydrogen-bond acceptors (Lipinski definition) is 8. The van der Waals surface area contributed by atoms with Gasteiger partial charge in [-0.05, 0) is 19.1 Å². The lowest BCUT2D eigenvalue weighted by Gasteiger charge is -2.35. The first-order valence-corrected chi connectivity index (χ1v) is 12.9. The van der Waals surface area contributed by atoms with Crippen LogP contribution in [0.1, 0.15) is 38.1 Å². The predicted octanol–water partition coefficient (Wildman–Crippen LogP) is 3.79. The van der Waals surface area contributed by atoms with Gasteiger partial charge < -0.3 is 29.7 Å². The number of aromatic nitrogens is 2. The minimum Gasteiger partial charge on any atom is -0.487 e. The lowest BCUT2D eigenvalue weighted by molar-refractivity contribution is -0.192. The second-order valence-electron chi connectivity index (χ2n) is 9.66. The van der Waals surface area contributed by atoms with Gasteiger partial charge >= 0.3 is 12.1 Å². The summed E-state index contributed by atoms with van der Waals surface area (Å²) >= 11 is 0. The van der Waals surface area contributed by atoms with E-state index in [0.717, 1.165) is 23.3 Å². The second-order valence-corrected chi connectivity index (χ2v) is 9.66. The zero-order valence-electron chi connectivity index (χ0n) is 22.8. The third-order valence-electron chi connectivity index (χ3n) is 6.41. The average Bonchev–Trinajstić information content (AvgIpc) is 2.90. The van der Waals surface area contributed by atoms with Gasteiger partial charge in [0, 0.05) is 65.0 Å². The van der Waals surface area contributed by atoms with E-state index in [9.17, 15) is 26.7 Å². The third-order valence-corrected chi connectivity index (χ3v) is 6.41. The molecule has 0 radical (unpaired) electrons. The Kier molecular flexibility index (Phi) is 10.7. The number of fused-ring (bicyclic) bond motifs is 1. The number of amides is 1. The van der Waals surface area contributed by atoms with Gasteiger partial charge in [0.2, 0.25) is 5.91 Å². The number of carbonyl (C=O) groups excluding carboxylic acids is 1. The molecule has 1 aromatic heterocycles. The fourth-order valence-electron chi connectivity index (χ4n) is 4.37. The van der Waals surface area contributed by atoms with Crippen LogP contribution in [-0.2, 0) is 27.3 Å². The van der Waals surface area contributed by atoms with Crippen LogP contribution in [-0.4, -0.2) is 83.5 Å². The maximum absolute atomic E-state index is 14.0. The molecule has 1 atom stereocenters. The van der Waals surface area contributed by atoms with Gasteiger partial charge in [0.25, 0.3) is 0 Å². The molecule has 0 bridgehead atoms. The molecular formula is C26H32F5N5O5. The van der Waals surface area contributed by atoms with Crippen molar-refractivity contribution in [2.45, 2.75) is 58.0 Å². The molecule has 41 heavy (non-hydrogen) atoms. The van der Waals surface area contributed by atoms with Gasteiger partial charge in [-0.1, -0.05) is 0 Å². The summed E-state index contributed by atoms with van der Waals surface area (Å²) in [7, 11) is 1.65. The summed E-state index contributed by atoms with van der Waals surface area (Å²) in [5, 5.41) is 10.5. The maximum Gasteiger partial charge on any atom is 0.490 e. The number of methoxy groups -OCH3 is 1. The Morgan fingerprint density at radius 1 is 1.15 bits per heavy atom. The van der Waals surface area contributed by atoms with Crippen LogP contribution in [0.5, 0.6) is 5.75 Å². The highest BCUT2D eigenvalue weighted by atomic mass is 19.4. The minimum absolute atomic E-state index is 0.0194. The van der Waals surface area contributed by atoms with Crippen molar-refractivity contribution in [3.05, 3.63) is 41.2 Å². The first-order valence-electron chi connectivity index (χ1n) is 12.9. The molecule has 1 amide bonds. The van der Waals surface area contributed by atoms with Gasteiger partial charge in [-0.2, -0.15) is 13.2 Å². The van der Waals surface area contributed by atoms with Crippen LogP contribution in [0.2, 0.25) is 0 Å². The lowest BCUT2D eigenvalue weighted by Crippen LogP contribution is -2.41. The van der Waals surface area contributed by atoms with Gasteiger partial charge in [0.15, 0.2) is 23.2 Å². The standard InChI is InChI=1S/C24H31F2N5O3.C2HF3O2/c1-15(14-33-3)27-23-24(29-20-8-11-31(16(2)32)13-21(20)28-23)30-9-6-18(7-10-30)34-22-5-4-17(25)12-19(22)26;3-2(4,5)1(6)7/h4-5,12,15,18H,6-11,13-14H2,1-3H3,(H,27,28);(H,6,7)/t15-;/m1./s1.